The van der Waals surface area contributed by atoms with Gasteiger partial charge in [0.05, 0.1) is 17.2 Å². The third-order valence-electron chi connectivity index (χ3n) is 6.77. The minimum atomic E-state index is -4.14. The molecule has 0 fully saturated rings. The van der Waals surface area contributed by atoms with Gasteiger partial charge < -0.3 is 15.0 Å². The fourth-order valence-electron chi connectivity index (χ4n) is 4.45. The Morgan fingerprint density at radius 1 is 0.929 bits per heavy atom. The molecule has 0 bridgehead atoms. The maximum absolute atomic E-state index is 14.1. The SMILES string of the molecule is CCCNC(=O)[C@H](CC)N(Cc1ccc(C)cc1)C(=O)CN(c1ccc(OCC)cc1)S(=O)(=O)c1ccc(SC)cc1. The highest BCUT2D eigenvalue weighted by Crippen LogP contribution is 2.28. The van der Waals surface area contributed by atoms with Crippen LogP contribution >= 0.6 is 11.8 Å². The number of rotatable bonds is 15. The molecule has 0 saturated heterocycles. The Labute approximate surface area is 254 Å². The Morgan fingerprint density at radius 2 is 1.57 bits per heavy atom. The molecule has 0 aliphatic rings. The van der Waals surface area contributed by atoms with Gasteiger partial charge in [0, 0.05) is 18.0 Å². The second-order valence-corrected chi connectivity index (χ2v) is 12.6. The van der Waals surface area contributed by atoms with Crippen LogP contribution in [-0.2, 0) is 26.2 Å². The fraction of sp³-hybridized carbons (Fsp3) is 0.375. The van der Waals surface area contributed by atoms with Gasteiger partial charge in [0.15, 0.2) is 0 Å². The molecule has 3 aromatic rings. The standard InChI is InChI=1S/C32H41N3O5S2/c1-6-21-33-32(37)30(7-2)34(22-25-11-9-24(4)10-12-25)31(36)23-35(26-13-15-27(16-14-26)40-8-3)42(38,39)29-19-17-28(41-5)18-20-29/h9-20,30H,6-8,21-23H2,1-5H3,(H,33,37)/t30-/m0/s1. The minimum Gasteiger partial charge on any atom is -0.494 e. The van der Waals surface area contributed by atoms with Gasteiger partial charge in [-0.15, -0.1) is 11.8 Å². The van der Waals surface area contributed by atoms with E-state index in [-0.39, 0.29) is 17.3 Å². The predicted octanol–water partition coefficient (Wildman–Crippen LogP) is 5.64. The lowest BCUT2D eigenvalue weighted by molar-refractivity contribution is -0.140. The van der Waals surface area contributed by atoms with Gasteiger partial charge in [0.25, 0.3) is 10.0 Å². The number of nitrogens with one attached hydrogen (secondary N) is 1. The molecule has 3 aromatic carbocycles. The Balaban J connectivity index is 2.05. The van der Waals surface area contributed by atoms with Gasteiger partial charge in [-0.3, -0.25) is 13.9 Å². The number of hydrogen-bond acceptors (Lipinski definition) is 6. The number of sulfonamides is 1. The summed E-state index contributed by atoms with van der Waals surface area (Å²) in [5, 5.41) is 2.90. The van der Waals surface area contributed by atoms with Crippen molar-refractivity contribution in [3.8, 4) is 5.75 Å². The van der Waals surface area contributed by atoms with Gasteiger partial charge >= 0.3 is 0 Å². The molecule has 42 heavy (non-hydrogen) atoms. The quantitative estimate of drug-likeness (QED) is 0.223. The van der Waals surface area contributed by atoms with Crippen molar-refractivity contribution in [2.75, 3.05) is 30.3 Å². The number of amides is 2. The number of benzene rings is 3. The molecule has 0 radical (unpaired) electrons. The molecule has 8 nitrogen and oxygen atoms in total. The maximum atomic E-state index is 14.1. The van der Waals surface area contributed by atoms with Crippen molar-refractivity contribution in [3.05, 3.63) is 83.9 Å². The zero-order valence-electron chi connectivity index (χ0n) is 25.0. The van der Waals surface area contributed by atoms with Gasteiger partial charge in [0.1, 0.15) is 18.3 Å². The van der Waals surface area contributed by atoms with Crippen molar-refractivity contribution in [2.24, 2.45) is 0 Å². The second-order valence-electron chi connectivity index (χ2n) is 9.84. The van der Waals surface area contributed by atoms with Crippen molar-refractivity contribution >= 4 is 39.3 Å². The van der Waals surface area contributed by atoms with E-state index in [4.69, 9.17) is 4.74 Å². The molecule has 0 aromatic heterocycles. The highest BCUT2D eigenvalue weighted by molar-refractivity contribution is 7.98. The van der Waals surface area contributed by atoms with E-state index in [0.717, 1.165) is 26.7 Å². The first-order valence-electron chi connectivity index (χ1n) is 14.2. The molecule has 0 saturated carbocycles. The van der Waals surface area contributed by atoms with Crippen molar-refractivity contribution < 1.29 is 22.7 Å². The first-order valence-corrected chi connectivity index (χ1v) is 16.8. The van der Waals surface area contributed by atoms with E-state index in [2.05, 4.69) is 5.32 Å². The third-order valence-corrected chi connectivity index (χ3v) is 9.30. The molecule has 10 heteroatoms. The van der Waals surface area contributed by atoms with Crippen LogP contribution in [0.4, 0.5) is 5.69 Å². The van der Waals surface area contributed by atoms with Crippen LogP contribution < -0.4 is 14.4 Å². The smallest absolute Gasteiger partial charge is 0.264 e. The molecule has 0 unspecified atom stereocenters. The van der Waals surface area contributed by atoms with Crippen LogP contribution in [0.2, 0.25) is 0 Å². The largest absolute Gasteiger partial charge is 0.494 e. The molecule has 0 spiro atoms. The van der Waals surface area contributed by atoms with Crippen molar-refractivity contribution in [1.82, 2.24) is 10.2 Å². The third kappa shape index (κ3) is 8.51. The molecule has 1 atom stereocenters. The molecule has 0 heterocycles. The topological polar surface area (TPSA) is 96.0 Å². The van der Waals surface area contributed by atoms with E-state index in [1.54, 1.807) is 48.5 Å². The number of aryl methyl sites for hydroxylation is 1. The Morgan fingerprint density at radius 3 is 2.12 bits per heavy atom. The summed E-state index contributed by atoms with van der Waals surface area (Å²) in [5.41, 5.74) is 2.24. The van der Waals surface area contributed by atoms with Crippen molar-refractivity contribution in [2.45, 2.75) is 62.9 Å². The number of hydrogen-bond donors (Lipinski definition) is 1. The molecule has 2 amide bonds. The van der Waals surface area contributed by atoms with Gasteiger partial charge in [-0.25, -0.2) is 8.42 Å². The van der Waals surface area contributed by atoms with Crippen LogP contribution in [0, 0.1) is 6.92 Å². The summed E-state index contributed by atoms with van der Waals surface area (Å²) >= 11 is 1.51. The number of ether oxygens (including phenoxy) is 1. The Kier molecular flexibility index (Phi) is 12.3. The molecular weight excluding hydrogens is 571 g/mol. The Hall–Kier alpha value is -3.50. The van der Waals surface area contributed by atoms with Crippen LogP contribution in [0.25, 0.3) is 0 Å². The van der Waals surface area contributed by atoms with Crippen LogP contribution in [0.1, 0.15) is 44.7 Å². The van der Waals surface area contributed by atoms with E-state index >= 15 is 0 Å². The van der Waals surface area contributed by atoms with Crippen LogP contribution in [0.15, 0.2) is 82.6 Å². The van der Waals surface area contributed by atoms with Crippen LogP contribution in [0.5, 0.6) is 5.75 Å². The molecule has 0 aliphatic carbocycles. The number of carbonyl (C=O) groups excluding carboxylic acids is 2. The van der Waals surface area contributed by atoms with E-state index in [1.807, 2.05) is 58.2 Å². The number of thioether (sulfide) groups is 1. The first kappa shape index (κ1) is 33.0. The maximum Gasteiger partial charge on any atom is 0.264 e. The summed E-state index contributed by atoms with van der Waals surface area (Å²) in [4.78, 5) is 29.8. The number of anilines is 1. The summed E-state index contributed by atoms with van der Waals surface area (Å²) in [6.45, 7) is 8.28. The summed E-state index contributed by atoms with van der Waals surface area (Å²) in [6, 6.07) is 20.2. The minimum absolute atomic E-state index is 0.0693. The lowest BCUT2D eigenvalue weighted by Crippen LogP contribution is -2.52. The number of nitrogens with zero attached hydrogens (tertiary/aromatic N) is 2. The fourth-order valence-corrected chi connectivity index (χ4v) is 6.28. The Bertz CT molecular complexity index is 1410. The van der Waals surface area contributed by atoms with Crippen LogP contribution in [-0.4, -0.2) is 57.1 Å². The monoisotopic (exact) mass is 611 g/mol. The molecule has 3 rings (SSSR count). The summed E-state index contributed by atoms with van der Waals surface area (Å²) in [5.74, 6) is -0.149. The van der Waals surface area contributed by atoms with Gasteiger partial charge in [-0.1, -0.05) is 43.7 Å². The van der Waals surface area contributed by atoms with E-state index in [0.29, 0.717) is 31.0 Å². The summed E-state index contributed by atoms with van der Waals surface area (Å²) < 4.78 is 34.8. The molecule has 1 N–H and O–H groups in total. The average molecular weight is 612 g/mol. The van der Waals surface area contributed by atoms with Crippen molar-refractivity contribution in [3.63, 3.8) is 0 Å². The highest BCUT2D eigenvalue weighted by atomic mass is 32.2. The lowest BCUT2D eigenvalue weighted by atomic mass is 10.1. The lowest BCUT2D eigenvalue weighted by Gasteiger charge is -2.33. The zero-order valence-corrected chi connectivity index (χ0v) is 26.6. The van der Waals surface area contributed by atoms with Gasteiger partial charge in [-0.05, 0) is 87.0 Å². The molecule has 0 aliphatic heterocycles. The van der Waals surface area contributed by atoms with Crippen LogP contribution in [0.3, 0.4) is 0 Å². The number of carbonyl (C=O) groups is 2. The van der Waals surface area contributed by atoms with E-state index in [1.165, 1.54) is 16.7 Å². The zero-order chi connectivity index (χ0) is 30.7. The van der Waals surface area contributed by atoms with Gasteiger partial charge in [-0.2, -0.15) is 0 Å². The van der Waals surface area contributed by atoms with E-state index in [9.17, 15) is 18.0 Å². The van der Waals surface area contributed by atoms with Crippen molar-refractivity contribution in [1.29, 1.82) is 0 Å². The van der Waals surface area contributed by atoms with Gasteiger partial charge in [0.2, 0.25) is 11.8 Å². The normalized spacial score (nSPS) is 11.9. The highest BCUT2D eigenvalue weighted by Gasteiger charge is 2.33. The summed E-state index contributed by atoms with van der Waals surface area (Å²) in [6.07, 6.45) is 3.05. The molecule has 226 valence electrons. The second kappa shape index (κ2) is 15.7. The molecular formula is C32H41N3O5S2. The van der Waals surface area contributed by atoms with E-state index < -0.39 is 28.5 Å². The summed E-state index contributed by atoms with van der Waals surface area (Å²) in [7, 11) is -4.14. The predicted molar refractivity (Wildman–Crippen MR) is 169 cm³/mol. The first-order chi connectivity index (χ1) is 20.1. The average Bonchev–Trinajstić information content (AvgIpc) is 3.00.